The van der Waals surface area contributed by atoms with Gasteiger partial charge in [-0.25, -0.2) is 0 Å². The summed E-state index contributed by atoms with van der Waals surface area (Å²) in [5.74, 6) is 1.65. The van der Waals surface area contributed by atoms with Gasteiger partial charge in [0.05, 0.1) is 7.11 Å². The highest BCUT2D eigenvalue weighted by atomic mass is 35.5. The molecule has 1 rings (SSSR count). The van der Waals surface area contributed by atoms with Gasteiger partial charge in [0.1, 0.15) is 5.75 Å². The fourth-order valence-electron chi connectivity index (χ4n) is 2.57. The van der Waals surface area contributed by atoms with E-state index in [4.69, 9.17) is 16.3 Å². The van der Waals surface area contributed by atoms with Crippen LogP contribution in [0.5, 0.6) is 5.75 Å². The zero-order valence-corrected chi connectivity index (χ0v) is 14.0. The van der Waals surface area contributed by atoms with Crippen LogP contribution in [0.4, 0.5) is 0 Å². The quantitative estimate of drug-likeness (QED) is 0.675. The van der Waals surface area contributed by atoms with E-state index in [1.165, 1.54) is 18.4 Å². The lowest BCUT2D eigenvalue weighted by atomic mass is 9.90. The Morgan fingerprint density at radius 1 is 1.20 bits per heavy atom. The van der Waals surface area contributed by atoms with Crippen molar-refractivity contribution in [3.63, 3.8) is 0 Å². The van der Waals surface area contributed by atoms with Gasteiger partial charge in [0, 0.05) is 16.6 Å². The Hall–Kier alpha value is -0.730. The first-order valence-corrected chi connectivity index (χ1v) is 8.10. The van der Waals surface area contributed by atoms with Crippen LogP contribution in [0.25, 0.3) is 0 Å². The molecule has 0 aliphatic carbocycles. The Balaban J connectivity index is 2.99. The molecule has 0 aromatic heterocycles. The Morgan fingerprint density at radius 3 is 2.45 bits per heavy atom. The van der Waals surface area contributed by atoms with Crippen LogP contribution in [0.2, 0.25) is 5.02 Å². The number of ether oxygens (including phenoxy) is 1. The minimum atomic E-state index is 0.313. The minimum absolute atomic E-state index is 0.313. The van der Waals surface area contributed by atoms with Gasteiger partial charge in [0.25, 0.3) is 0 Å². The first-order chi connectivity index (χ1) is 9.65. The molecular weight excluding hydrogens is 270 g/mol. The van der Waals surface area contributed by atoms with Gasteiger partial charge in [0.15, 0.2) is 0 Å². The number of benzene rings is 1. The minimum Gasteiger partial charge on any atom is -0.496 e. The Kier molecular flexibility index (Phi) is 8.01. The zero-order valence-electron chi connectivity index (χ0n) is 13.2. The maximum atomic E-state index is 6.17. The second-order valence-electron chi connectivity index (χ2n) is 5.31. The van der Waals surface area contributed by atoms with Gasteiger partial charge in [-0.1, -0.05) is 45.2 Å². The molecule has 0 amide bonds. The molecule has 1 N–H and O–H groups in total. The Morgan fingerprint density at radius 2 is 1.90 bits per heavy atom. The summed E-state index contributed by atoms with van der Waals surface area (Å²) in [6, 6.07) is 6.20. The average molecular weight is 298 g/mol. The van der Waals surface area contributed by atoms with Crippen molar-refractivity contribution < 1.29 is 4.74 Å². The summed E-state index contributed by atoms with van der Waals surface area (Å²) in [5, 5.41) is 4.42. The number of halogens is 1. The number of hydrogen-bond acceptors (Lipinski definition) is 2. The van der Waals surface area contributed by atoms with Crippen molar-refractivity contribution in [1.82, 2.24) is 5.32 Å². The molecule has 0 aliphatic rings. The fraction of sp³-hybridized carbons (Fsp3) is 0.647. The normalized spacial score (nSPS) is 12.7. The summed E-state index contributed by atoms with van der Waals surface area (Å²) < 4.78 is 5.51. The summed E-state index contributed by atoms with van der Waals surface area (Å²) in [6.07, 6.45) is 4.68. The van der Waals surface area contributed by atoms with Gasteiger partial charge in [-0.05, 0) is 43.5 Å². The maximum Gasteiger partial charge on any atom is 0.123 e. The van der Waals surface area contributed by atoms with Crippen LogP contribution in [-0.2, 0) is 0 Å². The van der Waals surface area contributed by atoms with Crippen LogP contribution in [0.1, 0.15) is 58.1 Å². The van der Waals surface area contributed by atoms with E-state index in [1.54, 1.807) is 7.11 Å². The van der Waals surface area contributed by atoms with Crippen molar-refractivity contribution in [3.8, 4) is 5.75 Å². The monoisotopic (exact) mass is 297 g/mol. The largest absolute Gasteiger partial charge is 0.496 e. The van der Waals surface area contributed by atoms with Crippen LogP contribution in [0, 0.1) is 5.92 Å². The highest BCUT2D eigenvalue weighted by molar-refractivity contribution is 6.30. The first kappa shape index (κ1) is 17.3. The van der Waals surface area contributed by atoms with E-state index in [0.717, 1.165) is 36.1 Å². The molecule has 114 valence electrons. The topological polar surface area (TPSA) is 21.3 Å². The van der Waals surface area contributed by atoms with Crippen molar-refractivity contribution >= 4 is 11.6 Å². The third-order valence-electron chi connectivity index (χ3n) is 3.93. The molecule has 0 radical (unpaired) electrons. The molecule has 1 atom stereocenters. The number of methoxy groups -OCH3 is 1. The van der Waals surface area contributed by atoms with E-state index in [0.29, 0.717) is 6.04 Å². The van der Waals surface area contributed by atoms with E-state index >= 15 is 0 Å². The number of hydrogen-bond donors (Lipinski definition) is 1. The summed E-state index contributed by atoms with van der Waals surface area (Å²) in [4.78, 5) is 0. The van der Waals surface area contributed by atoms with E-state index in [1.807, 2.05) is 18.2 Å². The summed E-state index contributed by atoms with van der Waals surface area (Å²) in [7, 11) is 1.72. The molecule has 0 bridgehead atoms. The lowest BCUT2D eigenvalue weighted by molar-refractivity contribution is 0.353. The van der Waals surface area contributed by atoms with Crippen molar-refractivity contribution in [1.29, 1.82) is 0 Å². The molecule has 1 aromatic rings. The van der Waals surface area contributed by atoms with Crippen molar-refractivity contribution in [2.45, 2.75) is 52.5 Å². The third kappa shape index (κ3) is 4.99. The van der Waals surface area contributed by atoms with Crippen molar-refractivity contribution in [2.75, 3.05) is 13.7 Å². The van der Waals surface area contributed by atoms with Crippen LogP contribution in [-0.4, -0.2) is 13.7 Å². The molecule has 20 heavy (non-hydrogen) atoms. The van der Waals surface area contributed by atoms with E-state index in [9.17, 15) is 0 Å². The molecule has 0 aliphatic heterocycles. The zero-order chi connectivity index (χ0) is 15.0. The van der Waals surface area contributed by atoms with Crippen molar-refractivity contribution in [3.05, 3.63) is 28.8 Å². The molecule has 1 aromatic carbocycles. The predicted octanol–water partition coefficient (Wildman–Crippen LogP) is 5.22. The molecule has 1 unspecified atom stereocenters. The van der Waals surface area contributed by atoms with Gasteiger partial charge in [-0.3, -0.25) is 0 Å². The molecule has 0 fully saturated rings. The van der Waals surface area contributed by atoms with E-state index in [2.05, 4.69) is 26.1 Å². The highest BCUT2D eigenvalue weighted by Crippen LogP contribution is 2.33. The molecule has 3 heteroatoms. The Bertz CT molecular complexity index is 391. The molecule has 0 heterocycles. The van der Waals surface area contributed by atoms with Crippen LogP contribution < -0.4 is 10.1 Å². The molecule has 0 saturated carbocycles. The second kappa shape index (κ2) is 9.25. The second-order valence-corrected chi connectivity index (χ2v) is 5.75. The van der Waals surface area contributed by atoms with Crippen LogP contribution in [0.3, 0.4) is 0 Å². The fourth-order valence-corrected chi connectivity index (χ4v) is 2.75. The first-order valence-electron chi connectivity index (χ1n) is 7.72. The smallest absolute Gasteiger partial charge is 0.123 e. The van der Waals surface area contributed by atoms with Gasteiger partial charge >= 0.3 is 0 Å². The van der Waals surface area contributed by atoms with Gasteiger partial charge in [-0.2, -0.15) is 0 Å². The highest BCUT2D eigenvalue weighted by Gasteiger charge is 2.19. The lowest BCUT2D eigenvalue weighted by Gasteiger charge is -2.25. The standard InChI is InChI=1S/C17H28ClNO/c1-5-10-19-16(11-13(6-2)7-3)15-12-14(18)8-9-17(15)20-4/h8-9,12-13,16,19H,5-7,10-11H2,1-4H3. The number of rotatable bonds is 9. The van der Waals surface area contributed by atoms with Crippen LogP contribution in [0.15, 0.2) is 18.2 Å². The maximum absolute atomic E-state index is 6.17. The van der Waals surface area contributed by atoms with Crippen LogP contribution >= 0.6 is 11.6 Å². The predicted molar refractivity (Wildman–Crippen MR) is 87.7 cm³/mol. The van der Waals surface area contributed by atoms with Gasteiger partial charge < -0.3 is 10.1 Å². The lowest BCUT2D eigenvalue weighted by Crippen LogP contribution is -2.25. The molecule has 0 saturated heterocycles. The molecule has 2 nitrogen and oxygen atoms in total. The van der Waals surface area contributed by atoms with Crippen molar-refractivity contribution in [2.24, 2.45) is 5.92 Å². The number of nitrogens with one attached hydrogen (secondary N) is 1. The van der Waals surface area contributed by atoms with E-state index < -0.39 is 0 Å². The SMILES string of the molecule is CCCNC(CC(CC)CC)c1cc(Cl)ccc1OC. The summed E-state index contributed by atoms with van der Waals surface area (Å²) in [5.41, 5.74) is 1.18. The average Bonchev–Trinajstić information content (AvgIpc) is 2.47. The summed E-state index contributed by atoms with van der Waals surface area (Å²) >= 11 is 6.17. The van der Waals surface area contributed by atoms with Gasteiger partial charge in [-0.15, -0.1) is 0 Å². The summed E-state index contributed by atoms with van der Waals surface area (Å²) in [6.45, 7) is 7.73. The third-order valence-corrected chi connectivity index (χ3v) is 4.17. The van der Waals surface area contributed by atoms with E-state index in [-0.39, 0.29) is 0 Å². The molecule has 0 spiro atoms. The molecular formula is C17H28ClNO. The Labute approximate surface area is 128 Å². The van der Waals surface area contributed by atoms with Gasteiger partial charge in [0.2, 0.25) is 0 Å².